The van der Waals surface area contributed by atoms with Crippen LogP contribution in [0.15, 0.2) is 24.3 Å². The van der Waals surface area contributed by atoms with Gasteiger partial charge in [0, 0.05) is 19.5 Å². The van der Waals surface area contributed by atoms with Gasteiger partial charge in [0.1, 0.15) is 0 Å². The highest BCUT2D eigenvalue weighted by molar-refractivity contribution is 5.78. The molecule has 1 aromatic rings. The number of piperidine rings is 1. The molecule has 1 aliphatic heterocycles. The second-order valence-electron chi connectivity index (χ2n) is 6.22. The number of amides is 1. The van der Waals surface area contributed by atoms with Crippen LogP contribution in [0.4, 0.5) is 13.2 Å². The molecule has 0 spiro atoms. The van der Waals surface area contributed by atoms with Crippen molar-refractivity contribution in [2.45, 2.75) is 38.3 Å². The van der Waals surface area contributed by atoms with Crippen molar-refractivity contribution in [2.24, 2.45) is 5.92 Å². The van der Waals surface area contributed by atoms with E-state index < -0.39 is 23.6 Å². The van der Waals surface area contributed by atoms with Crippen LogP contribution >= 0.6 is 0 Å². The average molecular weight is 343 g/mol. The molecule has 1 N–H and O–H groups in total. The summed E-state index contributed by atoms with van der Waals surface area (Å²) in [5.74, 6) is -1.75. The molecular weight excluding hydrogens is 323 g/mol. The summed E-state index contributed by atoms with van der Waals surface area (Å²) in [6, 6.07) is 5.02. The predicted octanol–water partition coefficient (Wildman–Crippen LogP) is 3.52. The Morgan fingerprint density at radius 2 is 1.92 bits per heavy atom. The summed E-state index contributed by atoms with van der Waals surface area (Å²) in [6.07, 6.45) is -3.46. The van der Waals surface area contributed by atoms with Gasteiger partial charge in [-0.05, 0) is 30.4 Å². The fraction of sp³-hybridized carbons (Fsp3) is 0.529. The fourth-order valence-electron chi connectivity index (χ4n) is 2.91. The Balaban J connectivity index is 1.96. The largest absolute Gasteiger partial charge is 0.481 e. The highest BCUT2D eigenvalue weighted by atomic mass is 19.4. The first kappa shape index (κ1) is 18.3. The Labute approximate surface area is 138 Å². The molecule has 1 saturated heterocycles. The average Bonchev–Trinajstić information content (AvgIpc) is 2.54. The summed E-state index contributed by atoms with van der Waals surface area (Å²) in [4.78, 5) is 24.8. The molecule has 0 saturated carbocycles. The van der Waals surface area contributed by atoms with Crippen LogP contribution in [-0.2, 0) is 15.8 Å². The molecule has 24 heavy (non-hydrogen) atoms. The molecule has 4 nitrogen and oxygen atoms in total. The number of carbonyl (C=O) groups is 2. The molecule has 7 heteroatoms. The first-order valence-electron chi connectivity index (χ1n) is 7.86. The van der Waals surface area contributed by atoms with E-state index in [1.54, 1.807) is 17.9 Å². The van der Waals surface area contributed by atoms with Crippen molar-refractivity contribution in [3.05, 3.63) is 35.4 Å². The third-order valence-electron chi connectivity index (χ3n) is 4.46. The number of hydrogen-bond acceptors (Lipinski definition) is 2. The number of halogens is 3. The molecule has 0 radical (unpaired) electrons. The van der Waals surface area contributed by atoms with Crippen molar-refractivity contribution >= 4 is 11.9 Å². The van der Waals surface area contributed by atoms with Crippen LogP contribution < -0.4 is 0 Å². The molecule has 1 amide bonds. The minimum atomic E-state index is -4.40. The number of benzene rings is 1. The quantitative estimate of drug-likeness (QED) is 0.910. The Morgan fingerprint density at radius 1 is 1.29 bits per heavy atom. The van der Waals surface area contributed by atoms with E-state index in [1.807, 2.05) is 0 Å². The monoisotopic (exact) mass is 343 g/mol. The second kappa shape index (κ2) is 7.23. The Bertz CT molecular complexity index is 607. The molecular formula is C17H20F3NO3. The number of carboxylic acid groups (broad SMARTS) is 1. The minimum absolute atomic E-state index is 0.110. The third-order valence-corrected chi connectivity index (χ3v) is 4.46. The number of aliphatic carboxylic acids is 1. The molecule has 1 aromatic carbocycles. The zero-order valence-corrected chi connectivity index (χ0v) is 13.3. The van der Waals surface area contributed by atoms with Crippen molar-refractivity contribution in [3.8, 4) is 0 Å². The van der Waals surface area contributed by atoms with E-state index >= 15 is 0 Å². The van der Waals surface area contributed by atoms with Gasteiger partial charge < -0.3 is 10.0 Å². The number of alkyl halides is 3. The van der Waals surface area contributed by atoms with E-state index in [1.165, 1.54) is 6.07 Å². The number of rotatable bonds is 4. The summed E-state index contributed by atoms with van der Waals surface area (Å²) >= 11 is 0. The van der Waals surface area contributed by atoms with Gasteiger partial charge in [0.15, 0.2) is 0 Å². The summed E-state index contributed by atoms with van der Waals surface area (Å²) in [5.41, 5.74) is -0.250. The zero-order valence-electron chi connectivity index (χ0n) is 13.3. The van der Waals surface area contributed by atoms with E-state index in [0.29, 0.717) is 31.5 Å². The van der Waals surface area contributed by atoms with E-state index in [-0.39, 0.29) is 18.2 Å². The first-order valence-corrected chi connectivity index (χ1v) is 7.86. The molecule has 2 rings (SSSR count). The van der Waals surface area contributed by atoms with Crippen molar-refractivity contribution in [3.63, 3.8) is 0 Å². The molecule has 0 aliphatic carbocycles. The van der Waals surface area contributed by atoms with Crippen molar-refractivity contribution in [1.82, 2.24) is 4.90 Å². The number of carboxylic acids is 1. The van der Waals surface area contributed by atoms with Gasteiger partial charge in [0.2, 0.25) is 5.91 Å². The maximum Gasteiger partial charge on any atom is 0.416 e. The van der Waals surface area contributed by atoms with Gasteiger partial charge in [-0.25, -0.2) is 0 Å². The molecule has 132 valence electrons. The predicted molar refractivity (Wildman–Crippen MR) is 81.4 cm³/mol. The Morgan fingerprint density at radius 3 is 2.46 bits per heavy atom. The normalized spacial score (nSPS) is 17.6. The molecule has 1 aliphatic rings. The molecule has 1 fully saturated rings. The number of carbonyl (C=O) groups excluding carboxylic acids is 1. The number of likely N-dealkylation sites (tertiary alicyclic amines) is 1. The van der Waals surface area contributed by atoms with Gasteiger partial charge in [-0.3, -0.25) is 9.59 Å². The lowest BCUT2D eigenvalue weighted by Gasteiger charge is -2.31. The van der Waals surface area contributed by atoms with Gasteiger partial charge in [-0.15, -0.1) is 0 Å². The van der Waals surface area contributed by atoms with E-state index in [4.69, 9.17) is 5.11 Å². The van der Waals surface area contributed by atoms with Crippen molar-refractivity contribution in [2.75, 3.05) is 13.1 Å². The lowest BCUT2D eigenvalue weighted by Crippen LogP contribution is -2.40. The standard InChI is InChI=1S/C17H20F3NO3/c1-11(13-3-2-4-14(10-13)17(18,19)20)9-15(22)21-7-5-12(6-8-21)16(23)24/h2-4,10-12H,5-9H2,1H3,(H,23,24). The van der Waals surface area contributed by atoms with Crippen LogP contribution in [0.3, 0.4) is 0 Å². The minimum Gasteiger partial charge on any atom is -0.481 e. The molecule has 0 bridgehead atoms. The van der Waals surface area contributed by atoms with Crippen molar-refractivity contribution < 1.29 is 27.9 Å². The van der Waals surface area contributed by atoms with Crippen LogP contribution in [-0.4, -0.2) is 35.0 Å². The summed E-state index contributed by atoms with van der Waals surface area (Å²) in [5, 5.41) is 8.95. The van der Waals surface area contributed by atoms with E-state index in [2.05, 4.69) is 0 Å². The van der Waals surface area contributed by atoms with Gasteiger partial charge in [-0.2, -0.15) is 13.2 Å². The molecule has 1 heterocycles. The van der Waals surface area contributed by atoms with Gasteiger partial charge in [-0.1, -0.05) is 25.1 Å². The zero-order chi connectivity index (χ0) is 17.9. The molecule has 1 atom stereocenters. The van der Waals surface area contributed by atoms with E-state index in [0.717, 1.165) is 12.1 Å². The smallest absolute Gasteiger partial charge is 0.416 e. The van der Waals surface area contributed by atoms with Crippen LogP contribution in [0.25, 0.3) is 0 Å². The van der Waals surface area contributed by atoms with Crippen LogP contribution in [0.1, 0.15) is 43.2 Å². The Hall–Kier alpha value is -2.05. The van der Waals surface area contributed by atoms with Crippen molar-refractivity contribution in [1.29, 1.82) is 0 Å². The number of nitrogens with zero attached hydrogens (tertiary/aromatic N) is 1. The van der Waals surface area contributed by atoms with Crippen LogP contribution in [0.2, 0.25) is 0 Å². The van der Waals surface area contributed by atoms with Gasteiger partial charge >= 0.3 is 12.1 Å². The third kappa shape index (κ3) is 4.49. The maximum absolute atomic E-state index is 12.8. The van der Waals surface area contributed by atoms with Gasteiger partial charge in [0.05, 0.1) is 11.5 Å². The SMILES string of the molecule is CC(CC(=O)N1CCC(C(=O)O)CC1)c1cccc(C(F)(F)F)c1. The number of hydrogen-bond donors (Lipinski definition) is 1. The lowest BCUT2D eigenvalue weighted by molar-refractivity contribution is -0.145. The molecule has 0 aromatic heterocycles. The highest BCUT2D eigenvalue weighted by Crippen LogP contribution is 2.32. The Kier molecular flexibility index (Phi) is 5.51. The maximum atomic E-state index is 12.8. The lowest BCUT2D eigenvalue weighted by atomic mass is 9.93. The fourth-order valence-corrected chi connectivity index (χ4v) is 2.91. The van der Waals surface area contributed by atoms with Crippen LogP contribution in [0, 0.1) is 5.92 Å². The summed E-state index contributed by atoms with van der Waals surface area (Å²) in [7, 11) is 0. The summed E-state index contributed by atoms with van der Waals surface area (Å²) in [6.45, 7) is 2.48. The van der Waals surface area contributed by atoms with Gasteiger partial charge in [0.25, 0.3) is 0 Å². The topological polar surface area (TPSA) is 57.6 Å². The second-order valence-corrected chi connectivity index (χ2v) is 6.22. The first-order chi connectivity index (χ1) is 11.2. The van der Waals surface area contributed by atoms with E-state index in [9.17, 15) is 22.8 Å². The summed E-state index contributed by atoms with van der Waals surface area (Å²) < 4.78 is 38.3. The molecule has 1 unspecified atom stereocenters. The van der Waals surface area contributed by atoms with Crippen LogP contribution in [0.5, 0.6) is 0 Å². The highest BCUT2D eigenvalue weighted by Gasteiger charge is 2.31.